The molecule has 1 heterocycles. The van der Waals surface area contributed by atoms with Crippen LogP contribution in [0.25, 0.3) is 0 Å². The summed E-state index contributed by atoms with van der Waals surface area (Å²) in [6.07, 6.45) is 0. The third-order valence-corrected chi connectivity index (χ3v) is 2.73. The number of rotatable bonds is 3. The van der Waals surface area contributed by atoms with E-state index in [1.54, 1.807) is 13.8 Å². The second-order valence-corrected chi connectivity index (χ2v) is 4.46. The summed E-state index contributed by atoms with van der Waals surface area (Å²) >= 11 is 0. The van der Waals surface area contributed by atoms with Gasteiger partial charge in [-0.15, -0.1) is 5.53 Å². The molecule has 0 fully saturated rings. The maximum atomic E-state index is 11.7. The maximum absolute atomic E-state index is 11.7. The SMILES string of the molecule is CC1=NNC(=O)N(NNC(=O)/N=C(\C)c2ccccc2)C1. The van der Waals surface area contributed by atoms with Crippen LogP contribution in [0.5, 0.6) is 0 Å². The van der Waals surface area contributed by atoms with Crippen LogP contribution < -0.4 is 16.4 Å². The van der Waals surface area contributed by atoms with Crippen LogP contribution in [0.1, 0.15) is 19.4 Å². The molecule has 110 valence electrons. The summed E-state index contributed by atoms with van der Waals surface area (Å²) in [6.45, 7) is 3.76. The number of carbonyl (C=O) groups is 2. The number of hydrazine groups is 2. The molecule has 1 aliphatic rings. The zero-order chi connectivity index (χ0) is 15.2. The number of nitrogens with one attached hydrogen (secondary N) is 3. The van der Waals surface area contributed by atoms with E-state index in [-0.39, 0.29) is 6.54 Å². The van der Waals surface area contributed by atoms with Crippen LogP contribution in [0.3, 0.4) is 0 Å². The molecule has 0 saturated heterocycles. The van der Waals surface area contributed by atoms with Crippen LogP contribution in [0.15, 0.2) is 40.4 Å². The Kier molecular flexibility index (Phi) is 4.62. The first-order valence-electron chi connectivity index (χ1n) is 6.33. The van der Waals surface area contributed by atoms with Crippen molar-refractivity contribution in [2.75, 3.05) is 6.54 Å². The molecular formula is C13H16N6O2. The Morgan fingerprint density at radius 1 is 1.38 bits per heavy atom. The molecule has 1 aromatic rings. The van der Waals surface area contributed by atoms with E-state index in [4.69, 9.17) is 0 Å². The Hall–Kier alpha value is -2.74. The Balaban J connectivity index is 1.90. The highest BCUT2D eigenvalue weighted by Crippen LogP contribution is 2.00. The lowest BCUT2D eigenvalue weighted by Crippen LogP contribution is -2.57. The van der Waals surface area contributed by atoms with Crippen molar-refractivity contribution in [3.8, 4) is 0 Å². The number of hydrazone groups is 1. The molecule has 8 nitrogen and oxygen atoms in total. The standard InChI is InChI=1S/C13H16N6O2/c1-9-8-19(13(21)17-15-9)18-16-12(20)14-10(2)11-6-4-3-5-7-11/h3-7,18H,8H2,1-2H3,(H,16,20)(H,17,21)/b14-10+. The number of aliphatic imine (C=N–C) groups is 1. The molecule has 0 spiro atoms. The Morgan fingerprint density at radius 3 is 2.81 bits per heavy atom. The molecule has 0 bridgehead atoms. The van der Waals surface area contributed by atoms with Crippen molar-refractivity contribution in [2.24, 2.45) is 10.1 Å². The zero-order valence-corrected chi connectivity index (χ0v) is 11.8. The number of urea groups is 2. The minimum atomic E-state index is -0.593. The van der Waals surface area contributed by atoms with Crippen molar-refractivity contribution in [3.05, 3.63) is 35.9 Å². The van der Waals surface area contributed by atoms with Crippen LogP contribution >= 0.6 is 0 Å². The molecule has 1 aromatic carbocycles. The van der Waals surface area contributed by atoms with Crippen LogP contribution in [-0.2, 0) is 0 Å². The fourth-order valence-electron chi connectivity index (χ4n) is 1.67. The molecule has 2 rings (SSSR count). The summed E-state index contributed by atoms with van der Waals surface area (Å²) in [5.74, 6) is 0. The molecule has 0 saturated carbocycles. The number of hydrogen-bond donors (Lipinski definition) is 3. The van der Waals surface area contributed by atoms with Gasteiger partial charge in [0, 0.05) is 0 Å². The van der Waals surface area contributed by atoms with Crippen LogP contribution in [0.2, 0.25) is 0 Å². The molecule has 0 atom stereocenters. The summed E-state index contributed by atoms with van der Waals surface area (Å²) in [4.78, 5) is 27.1. The average Bonchev–Trinajstić information content (AvgIpc) is 2.49. The lowest BCUT2D eigenvalue weighted by Gasteiger charge is -2.25. The maximum Gasteiger partial charge on any atom is 0.356 e. The molecule has 0 aliphatic carbocycles. The predicted molar refractivity (Wildman–Crippen MR) is 78.7 cm³/mol. The number of carbonyl (C=O) groups excluding carboxylic acids is 2. The summed E-state index contributed by atoms with van der Waals surface area (Å²) in [5, 5.41) is 4.96. The van der Waals surface area contributed by atoms with E-state index in [1.165, 1.54) is 5.01 Å². The van der Waals surface area contributed by atoms with Crippen LogP contribution in [0.4, 0.5) is 9.59 Å². The topological polar surface area (TPSA) is 98.2 Å². The summed E-state index contributed by atoms with van der Waals surface area (Å²) in [6, 6.07) is 8.29. The molecule has 21 heavy (non-hydrogen) atoms. The van der Waals surface area contributed by atoms with Crippen molar-refractivity contribution >= 4 is 23.5 Å². The second-order valence-electron chi connectivity index (χ2n) is 4.46. The van der Waals surface area contributed by atoms with Gasteiger partial charge in [0.1, 0.15) is 0 Å². The molecule has 8 heteroatoms. The average molecular weight is 288 g/mol. The van der Waals surface area contributed by atoms with E-state index < -0.39 is 12.1 Å². The van der Waals surface area contributed by atoms with E-state index in [2.05, 4.69) is 26.5 Å². The van der Waals surface area contributed by atoms with Gasteiger partial charge in [-0.1, -0.05) is 30.3 Å². The molecular weight excluding hydrogens is 272 g/mol. The number of benzene rings is 1. The van der Waals surface area contributed by atoms with Crippen molar-refractivity contribution < 1.29 is 9.59 Å². The van der Waals surface area contributed by atoms with Crippen LogP contribution in [-0.4, -0.2) is 35.0 Å². The minimum Gasteiger partial charge on any atom is -0.253 e. The van der Waals surface area contributed by atoms with E-state index in [1.807, 2.05) is 30.3 Å². The Morgan fingerprint density at radius 2 is 2.10 bits per heavy atom. The quantitative estimate of drug-likeness (QED) is 0.572. The third-order valence-electron chi connectivity index (χ3n) is 2.73. The number of hydrogen-bond acceptors (Lipinski definition) is 4. The normalized spacial score (nSPS) is 15.3. The second kappa shape index (κ2) is 6.62. The van der Waals surface area contributed by atoms with Gasteiger partial charge in [-0.25, -0.2) is 20.0 Å². The van der Waals surface area contributed by atoms with Crippen molar-refractivity contribution in [1.82, 2.24) is 21.4 Å². The Bertz CT molecular complexity index is 596. The largest absolute Gasteiger partial charge is 0.356 e. The molecule has 0 unspecified atom stereocenters. The lowest BCUT2D eigenvalue weighted by molar-refractivity contribution is 0.163. The van der Waals surface area contributed by atoms with Crippen LogP contribution in [0, 0.1) is 0 Å². The van der Waals surface area contributed by atoms with Gasteiger partial charge in [0.05, 0.1) is 18.0 Å². The first kappa shape index (κ1) is 14.7. The molecule has 0 radical (unpaired) electrons. The molecule has 3 N–H and O–H groups in total. The zero-order valence-electron chi connectivity index (χ0n) is 11.8. The van der Waals surface area contributed by atoms with Crippen molar-refractivity contribution in [2.45, 2.75) is 13.8 Å². The highest BCUT2D eigenvalue weighted by atomic mass is 16.2. The summed E-state index contributed by atoms with van der Waals surface area (Å²) in [5.41, 5.74) is 9.27. The van der Waals surface area contributed by atoms with Gasteiger partial charge in [-0.2, -0.15) is 10.1 Å². The van der Waals surface area contributed by atoms with Gasteiger partial charge in [0.15, 0.2) is 0 Å². The van der Waals surface area contributed by atoms with Gasteiger partial charge in [0.25, 0.3) is 0 Å². The predicted octanol–water partition coefficient (Wildman–Crippen LogP) is 1.03. The van der Waals surface area contributed by atoms with E-state index in [0.29, 0.717) is 11.4 Å². The lowest BCUT2D eigenvalue weighted by atomic mass is 10.1. The number of amides is 4. The van der Waals surface area contributed by atoms with E-state index >= 15 is 0 Å². The molecule has 1 aliphatic heterocycles. The molecule has 4 amide bonds. The first-order chi connectivity index (χ1) is 10.1. The van der Waals surface area contributed by atoms with Gasteiger partial charge in [-0.3, -0.25) is 5.43 Å². The highest BCUT2D eigenvalue weighted by molar-refractivity contribution is 6.04. The van der Waals surface area contributed by atoms with Crippen molar-refractivity contribution in [1.29, 1.82) is 0 Å². The van der Waals surface area contributed by atoms with Crippen molar-refractivity contribution in [3.63, 3.8) is 0 Å². The smallest absolute Gasteiger partial charge is 0.253 e. The minimum absolute atomic E-state index is 0.271. The van der Waals surface area contributed by atoms with Gasteiger partial charge in [0.2, 0.25) is 0 Å². The monoisotopic (exact) mass is 288 g/mol. The fourth-order valence-corrected chi connectivity index (χ4v) is 1.67. The van der Waals surface area contributed by atoms with Gasteiger partial charge >= 0.3 is 12.1 Å². The fraction of sp³-hybridized carbons (Fsp3) is 0.231. The summed E-state index contributed by atoms with van der Waals surface area (Å²) < 4.78 is 0. The number of nitrogens with zero attached hydrogens (tertiary/aromatic N) is 3. The van der Waals surface area contributed by atoms with Gasteiger partial charge in [-0.05, 0) is 19.4 Å². The summed E-state index contributed by atoms with van der Waals surface area (Å²) in [7, 11) is 0. The Labute approximate surface area is 121 Å². The first-order valence-corrected chi connectivity index (χ1v) is 6.33. The third kappa shape index (κ3) is 4.11. The van der Waals surface area contributed by atoms with E-state index in [9.17, 15) is 9.59 Å². The van der Waals surface area contributed by atoms with Gasteiger partial charge < -0.3 is 0 Å². The van der Waals surface area contributed by atoms with E-state index in [0.717, 1.165) is 5.56 Å². The highest BCUT2D eigenvalue weighted by Gasteiger charge is 2.18. The molecule has 0 aromatic heterocycles.